The van der Waals surface area contributed by atoms with E-state index in [1.165, 1.54) is 0 Å². The molecule has 144 valence electrons. The molecule has 1 aliphatic rings. The van der Waals surface area contributed by atoms with Crippen LogP contribution in [0.3, 0.4) is 0 Å². The van der Waals surface area contributed by atoms with Gasteiger partial charge in [0.05, 0.1) is 19.4 Å². The smallest absolute Gasteiger partial charge is 0.215 e. The number of nitrogens with one attached hydrogen (secondary N) is 1. The van der Waals surface area contributed by atoms with Crippen LogP contribution in [0.5, 0.6) is 0 Å². The number of unbranched alkanes of at least 4 members (excludes halogenated alkanes) is 2. The molecular weight excluding hydrogens is 340 g/mol. The fourth-order valence-corrected chi connectivity index (χ4v) is 3.72. The zero-order chi connectivity index (χ0) is 18.3. The van der Waals surface area contributed by atoms with Crippen molar-refractivity contribution >= 4 is 11.4 Å². The summed E-state index contributed by atoms with van der Waals surface area (Å²) in [5, 5.41) is 0. The second kappa shape index (κ2) is 9.37. The van der Waals surface area contributed by atoms with Gasteiger partial charge in [-0.15, -0.1) is 4.72 Å². The minimum absolute atomic E-state index is 0.130. The second-order valence-electron chi connectivity index (χ2n) is 7.48. The van der Waals surface area contributed by atoms with Crippen LogP contribution in [0, 0.1) is 0 Å². The molecule has 1 fully saturated rings. The lowest BCUT2D eigenvalue weighted by Crippen LogP contribution is -2.41. The Morgan fingerprint density at radius 3 is 2.56 bits per heavy atom. The molecule has 1 aromatic heterocycles. The van der Waals surface area contributed by atoms with Crippen LogP contribution in [0.4, 0.5) is 0 Å². The van der Waals surface area contributed by atoms with E-state index in [0.29, 0.717) is 19.1 Å². The van der Waals surface area contributed by atoms with Crippen LogP contribution >= 0.6 is 0 Å². The van der Waals surface area contributed by atoms with E-state index in [2.05, 4.69) is 16.6 Å². The third kappa shape index (κ3) is 6.25. The first-order valence-corrected chi connectivity index (χ1v) is 10.4. The van der Waals surface area contributed by atoms with Crippen molar-refractivity contribution in [2.45, 2.75) is 82.8 Å². The summed E-state index contributed by atoms with van der Waals surface area (Å²) in [5.74, 6) is 0.235. The van der Waals surface area contributed by atoms with Gasteiger partial charge in [-0.2, -0.15) is 0 Å². The van der Waals surface area contributed by atoms with Crippen LogP contribution in [0.1, 0.15) is 78.2 Å². The van der Waals surface area contributed by atoms with Gasteiger partial charge in [0, 0.05) is 17.8 Å². The van der Waals surface area contributed by atoms with Crippen molar-refractivity contribution in [3.8, 4) is 0 Å². The van der Waals surface area contributed by atoms with E-state index >= 15 is 0 Å². The number of ether oxygens (including phenoxy) is 2. The van der Waals surface area contributed by atoms with Gasteiger partial charge in [-0.05, 0) is 40.0 Å². The lowest BCUT2D eigenvalue weighted by atomic mass is 10.0. The highest BCUT2D eigenvalue weighted by atomic mass is 32.2. The van der Waals surface area contributed by atoms with E-state index in [1.807, 2.05) is 20.8 Å². The molecule has 6 nitrogen and oxygen atoms in total. The summed E-state index contributed by atoms with van der Waals surface area (Å²) < 4.78 is 32.2. The van der Waals surface area contributed by atoms with Crippen molar-refractivity contribution in [2.24, 2.45) is 0 Å². The maximum atomic E-state index is 12.4. The van der Waals surface area contributed by atoms with Crippen LogP contribution in [0.15, 0.2) is 16.9 Å². The third-order valence-corrected chi connectivity index (χ3v) is 6.07. The Kier molecular flexibility index (Phi) is 7.76. The van der Waals surface area contributed by atoms with Crippen molar-refractivity contribution in [1.82, 2.24) is 9.71 Å². The van der Waals surface area contributed by atoms with E-state index < -0.39 is 11.4 Å². The number of hydrogen-bond acceptors (Lipinski definition) is 6. The summed E-state index contributed by atoms with van der Waals surface area (Å²) in [5.41, 5.74) is 0. The number of hydrogen-bond donors (Lipinski definition) is 1. The van der Waals surface area contributed by atoms with Gasteiger partial charge in [-0.1, -0.05) is 19.8 Å². The molecule has 1 N–H and O–H groups in total. The lowest BCUT2D eigenvalue weighted by molar-refractivity contribution is -0.164. The Labute approximate surface area is 154 Å². The molecule has 2 rings (SSSR count). The Hall–Kier alpha value is -0.600. The van der Waals surface area contributed by atoms with Crippen LogP contribution in [0.25, 0.3) is 0 Å². The second-order valence-corrected chi connectivity index (χ2v) is 9.48. The van der Waals surface area contributed by atoms with Gasteiger partial charge in [-0.3, -0.25) is 0 Å². The first-order valence-electron chi connectivity index (χ1n) is 9.22. The molecule has 0 radical (unpaired) electrons. The van der Waals surface area contributed by atoms with E-state index in [1.54, 1.807) is 12.5 Å². The van der Waals surface area contributed by atoms with E-state index in [9.17, 15) is 4.55 Å². The van der Waals surface area contributed by atoms with E-state index in [4.69, 9.17) is 13.9 Å². The average molecular weight is 373 g/mol. The molecule has 0 amide bonds. The maximum absolute atomic E-state index is 12.4. The molecular formula is C18H32N2O4S. The number of rotatable bonds is 10. The summed E-state index contributed by atoms with van der Waals surface area (Å²) in [7, 11) is 0. The topological polar surface area (TPSA) is 79.6 Å². The number of aromatic nitrogens is 1. The molecule has 0 bridgehead atoms. The normalized spacial score (nSPS) is 19.9. The monoisotopic (exact) mass is 372 g/mol. The summed E-state index contributed by atoms with van der Waals surface area (Å²) in [6, 6.07) is -0.130. The summed E-state index contributed by atoms with van der Waals surface area (Å²) in [6.07, 6.45) is 8.95. The Bertz CT molecular complexity index is 484. The lowest BCUT2D eigenvalue weighted by Gasteiger charge is -2.27. The third-order valence-electron chi connectivity index (χ3n) is 4.46. The first kappa shape index (κ1) is 20.7. The quantitative estimate of drug-likeness (QED) is 0.496. The number of nitrogens with zero attached hydrogens (tertiary/aromatic N) is 1. The molecule has 2 heterocycles. The minimum Gasteiger partial charge on any atom is -0.598 e. The Morgan fingerprint density at radius 2 is 2.00 bits per heavy atom. The van der Waals surface area contributed by atoms with E-state index in [0.717, 1.165) is 38.5 Å². The van der Waals surface area contributed by atoms with Gasteiger partial charge in [0.2, 0.25) is 5.89 Å². The largest absolute Gasteiger partial charge is 0.598 e. The van der Waals surface area contributed by atoms with Crippen molar-refractivity contribution in [3.05, 3.63) is 18.4 Å². The van der Waals surface area contributed by atoms with Crippen LogP contribution < -0.4 is 4.72 Å². The standard InChI is InChI=1S/C18H32N2O4S/c1-5-18(23-13-14-24-18)10-8-6-7-9-15(16-19-11-12-22-16)20-25(21)17(2,3)4/h11-12,15,20H,5-10,13-14H2,1-4H3/t15-,25?/m0/s1. The van der Waals surface area contributed by atoms with Crippen molar-refractivity contribution in [3.63, 3.8) is 0 Å². The molecule has 0 aromatic carbocycles. The van der Waals surface area contributed by atoms with Gasteiger partial charge in [-0.25, -0.2) is 4.98 Å². The fraction of sp³-hybridized carbons (Fsp3) is 0.833. The Morgan fingerprint density at radius 1 is 1.28 bits per heavy atom. The minimum atomic E-state index is -1.16. The molecule has 0 spiro atoms. The molecule has 0 aliphatic carbocycles. The molecule has 25 heavy (non-hydrogen) atoms. The summed E-state index contributed by atoms with van der Waals surface area (Å²) >= 11 is -1.16. The van der Waals surface area contributed by atoms with Crippen molar-refractivity contribution < 1.29 is 18.4 Å². The van der Waals surface area contributed by atoms with Crippen LogP contribution in [0.2, 0.25) is 0 Å². The maximum Gasteiger partial charge on any atom is 0.215 e. The highest BCUT2D eigenvalue weighted by Crippen LogP contribution is 2.30. The summed E-state index contributed by atoms with van der Waals surface area (Å²) in [4.78, 5) is 4.23. The molecule has 2 atom stereocenters. The Balaban J connectivity index is 1.78. The predicted molar refractivity (Wildman–Crippen MR) is 98.3 cm³/mol. The van der Waals surface area contributed by atoms with Gasteiger partial charge < -0.3 is 18.4 Å². The highest BCUT2D eigenvalue weighted by molar-refractivity contribution is 7.90. The van der Waals surface area contributed by atoms with Gasteiger partial charge in [0.1, 0.15) is 17.1 Å². The summed E-state index contributed by atoms with van der Waals surface area (Å²) in [6.45, 7) is 9.36. The zero-order valence-corrected chi connectivity index (χ0v) is 16.7. The zero-order valence-electron chi connectivity index (χ0n) is 15.9. The fourth-order valence-electron chi connectivity index (χ4n) is 2.89. The van der Waals surface area contributed by atoms with Crippen molar-refractivity contribution in [1.29, 1.82) is 0 Å². The van der Waals surface area contributed by atoms with Crippen LogP contribution in [-0.2, 0) is 20.8 Å². The average Bonchev–Trinajstić information content (AvgIpc) is 3.24. The molecule has 0 saturated carbocycles. The number of oxazole rings is 1. The van der Waals surface area contributed by atoms with Gasteiger partial charge in [0.15, 0.2) is 5.79 Å². The van der Waals surface area contributed by atoms with Crippen molar-refractivity contribution in [2.75, 3.05) is 13.2 Å². The van der Waals surface area contributed by atoms with E-state index in [-0.39, 0.29) is 16.6 Å². The molecule has 1 aromatic rings. The molecule has 7 heteroatoms. The molecule has 1 aliphatic heterocycles. The SMILES string of the molecule is CCC1(CCCCC[C@H](N[S+]([O-])C(C)(C)C)c2ncco2)OCCO1. The molecule has 1 unspecified atom stereocenters. The highest BCUT2D eigenvalue weighted by Gasteiger charge is 2.34. The molecule has 1 saturated heterocycles. The van der Waals surface area contributed by atoms with Gasteiger partial charge in [0.25, 0.3) is 0 Å². The first-order chi connectivity index (χ1) is 11.9. The van der Waals surface area contributed by atoms with Crippen LogP contribution in [-0.4, -0.2) is 33.3 Å². The predicted octanol–water partition coefficient (Wildman–Crippen LogP) is 3.87. The van der Waals surface area contributed by atoms with Gasteiger partial charge >= 0.3 is 0 Å².